The molecule has 0 bridgehead atoms. The molecule has 7 nitrogen and oxygen atoms in total. The molecule has 2 rings (SSSR count). The van der Waals surface area contributed by atoms with Gasteiger partial charge < -0.3 is 0 Å². The van der Waals surface area contributed by atoms with Gasteiger partial charge in [-0.2, -0.15) is 4.72 Å². The van der Waals surface area contributed by atoms with Gasteiger partial charge in [0.1, 0.15) is 11.0 Å². The van der Waals surface area contributed by atoms with Crippen LogP contribution in [0.25, 0.3) is 0 Å². The van der Waals surface area contributed by atoms with E-state index in [4.69, 9.17) is 0 Å². The number of rotatable bonds is 8. The highest BCUT2D eigenvalue weighted by molar-refractivity contribution is 7.89. The van der Waals surface area contributed by atoms with Gasteiger partial charge in [0.15, 0.2) is 0 Å². The van der Waals surface area contributed by atoms with Crippen LogP contribution in [0.2, 0.25) is 0 Å². The fraction of sp³-hybridized carbons (Fsp3) is 0.500. The zero-order chi connectivity index (χ0) is 20.2. The second kappa shape index (κ2) is 8.90. The SMILES string of the molecule is CCCc1nnc(NC(=O)C(NS(=O)(=O)c2ccc(C)c(C)c2)C(C)C)s1. The molecule has 0 aliphatic rings. The van der Waals surface area contributed by atoms with Gasteiger partial charge >= 0.3 is 0 Å². The number of sulfonamides is 1. The van der Waals surface area contributed by atoms with E-state index in [1.165, 1.54) is 11.3 Å². The minimum Gasteiger partial charge on any atom is -0.299 e. The molecule has 0 saturated carbocycles. The molecule has 1 amide bonds. The first kappa shape index (κ1) is 21.5. The molecule has 9 heteroatoms. The number of amides is 1. The summed E-state index contributed by atoms with van der Waals surface area (Å²) >= 11 is 1.30. The number of nitrogens with zero attached hydrogens (tertiary/aromatic N) is 2. The molecule has 2 N–H and O–H groups in total. The number of aryl methyl sites for hydroxylation is 3. The van der Waals surface area contributed by atoms with Gasteiger partial charge in [-0.3, -0.25) is 10.1 Å². The number of carbonyl (C=O) groups is 1. The zero-order valence-electron chi connectivity index (χ0n) is 16.2. The van der Waals surface area contributed by atoms with Gasteiger partial charge in [-0.15, -0.1) is 10.2 Å². The summed E-state index contributed by atoms with van der Waals surface area (Å²) in [4.78, 5) is 12.8. The van der Waals surface area contributed by atoms with Gasteiger partial charge in [-0.25, -0.2) is 8.42 Å². The summed E-state index contributed by atoms with van der Waals surface area (Å²) in [6.07, 6.45) is 1.73. The van der Waals surface area contributed by atoms with Crippen LogP contribution in [0.1, 0.15) is 43.3 Å². The number of hydrogen-bond donors (Lipinski definition) is 2. The van der Waals surface area contributed by atoms with E-state index >= 15 is 0 Å². The van der Waals surface area contributed by atoms with Gasteiger partial charge in [0.05, 0.1) is 4.90 Å². The van der Waals surface area contributed by atoms with Crippen LogP contribution in [-0.4, -0.2) is 30.6 Å². The maximum atomic E-state index is 12.7. The van der Waals surface area contributed by atoms with Crippen molar-refractivity contribution < 1.29 is 13.2 Å². The lowest BCUT2D eigenvalue weighted by Gasteiger charge is -2.21. The second-order valence-corrected chi connectivity index (χ2v) is 9.61. The molecule has 148 valence electrons. The van der Waals surface area contributed by atoms with Crippen LogP contribution in [0.15, 0.2) is 23.1 Å². The summed E-state index contributed by atoms with van der Waals surface area (Å²) in [7, 11) is -3.83. The van der Waals surface area contributed by atoms with Crippen molar-refractivity contribution in [2.75, 3.05) is 5.32 Å². The Morgan fingerprint density at radius 2 is 1.89 bits per heavy atom. The summed E-state index contributed by atoms with van der Waals surface area (Å²) in [6, 6.07) is 3.98. The third kappa shape index (κ3) is 5.57. The second-order valence-electron chi connectivity index (χ2n) is 6.83. The van der Waals surface area contributed by atoms with Crippen LogP contribution in [-0.2, 0) is 21.2 Å². The topological polar surface area (TPSA) is 101 Å². The lowest BCUT2D eigenvalue weighted by atomic mass is 10.1. The number of nitrogens with one attached hydrogen (secondary N) is 2. The van der Waals surface area contributed by atoms with Crippen molar-refractivity contribution >= 4 is 32.4 Å². The van der Waals surface area contributed by atoms with E-state index in [0.717, 1.165) is 29.0 Å². The van der Waals surface area contributed by atoms with Crippen LogP contribution in [0, 0.1) is 19.8 Å². The molecule has 1 atom stereocenters. The standard InChI is InChI=1S/C18H26N4O3S2/c1-6-7-15-20-21-18(26-15)19-17(23)16(11(2)3)22-27(24,25)14-9-8-12(4)13(5)10-14/h8-11,16,22H,6-7H2,1-5H3,(H,19,21,23). The van der Waals surface area contributed by atoms with Gasteiger partial charge in [0.25, 0.3) is 0 Å². The number of aromatic nitrogens is 2. The zero-order valence-corrected chi connectivity index (χ0v) is 17.9. The first-order chi connectivity index (χ1) is 12.6. The first-order valence-electron chi connectivity index (χ1n) is 8.87. The normalized spacial score (nSPS) is 13.0. The summed E-state index contributed by atoms with van der Waals surface area (Å²) in [5, 5.41) is 11.9. The molecule has 1 aromatic heterocycles. The van der Waals surface area contributed by atoms with Crippen molar-refractivity contribution in [1.82, 2.24) is 14.9 Å². The predicted molar refractivity (Wildman–Crippen MR) is 107 cm³/mol. The first-order valence-corrected chi connectivity index (χ1v) is 11.2. The molecular weight excluding hydrogens is 384 g/mol. The van der Waals surface area contributed by atoms with E-state index < -0.39 is 22.0 Å². The molecule has 1 aromatic carbocycles. The average molecular weight is 411 g/mol. The third-order valence-electron chi connectivity index (χ3n) is 4.18. The summed E-state index contributed by atoms with van der Waals surface area (Å²) in [5.74, 6) is -0.689. The number of hydrogen-bond acceptors (Lipinski definition) is 6. The van der Waals surface area contributed by atoms with Crippen molar-refractivity contribution in [3.05, 3.63) is 34.3 Å². The van der Waals surface area contributed by atoms with E-state index in [1.54, 1.807) is 32.0 Å². The lowest BCUT2D eigenvalue weighted by molar-refractivity contribution is -0.118. The van der Waals surface area contributed by atoms with Crippen LogP contribution in [0.4, 0.5) is 5.13 Å². The molecular formula is C18H26N4O3S2. The highest BCUT2D eigenvalue weighted by Gasteiger charge is 2.29. The molecule has 27 heavy (non-hydrogen) atoms. The average Bonchev–Trinajstić information content (AvgIpc) is 3.02. The van der Waals surface area contributed by atoms with Crippen LogP contribution < -0.4 is 10.0 Å². The van der Waals surface area contributed by atoms with Crippen LogP contribution >= 0.6 is 11.3 Å². The predicted octanol–water partition coefficient (Wildman–Crippen LogP) is 3.05. The molecule has 1 unspecified atom stereocenters. The van der Waals surface area contributed by atoms with E-state index in [9.17, 15) is 13.2 Å². The fourth-order valence-corrected chi connectivity index (χ4v) is 4.68. The van der Waals surface area contributed by atoms with Gasteiger partial charge in [0, 0.05) is 6.42 Å². The molecule has 1 heterocycles. The number of carbonyl (C=O) groups excluding carboxylic acids is 1. The van der Waals surface area contributed by atoms with Crippen molar-refractivity contribution in [2.45, 2.75) is 58.4 Å². The maximum absolute atomic E-state index is 12.7. The number of benzene rings is 1. The Hall–Kier alpha value is -1.84. The Morgan fingerprint density at radius 1 is 1.19 bits per heavy atom. The molecule has 0 saturated heterocycles. The lowest BCUT2D eigenvalue weighted by Crippen LogP contribution is -2.47. The minimum atomic E-state index is -3.83. The molecule has 0 fully saturated rings. The Kier molecular flexibility index (Phi) is 7.07. The van der Waals surface area contributed by atoms with Crippen LogP contribution in [0.3, 0.4) is 0 Å². The Labute approximate surface area is 164 Å². The van der Waals surface area contributed by atoms with Gasteiger partial charge in [-0.1, -0.05) is 38.2 Å². The molecule has 0 radical (unpaired) electrons. The third-order valence-corrected chi connectivity index (χ3v) is 6.52. The molecule has 0 spiro atoms. The fourth-order valence-electron chi connectivity index (χ4n) is 2.41. The summed E-state index contributed by atoms with van der Waals surface area (Å²) in [6.45, 7) is 9.38. The van der Waals surface area contributed by atoms with Crippen LogP contribution in [0.5, 0.6) is 0 Å². The maximum Gasteiger partial charge on any atom is 0.244 e. The molecule has 2 aromatic rings. The van der Waals surface area contributed by atoms with Crippen molar-refractivity contribution in [1.29, 1.82) is 0 Å². The highest BCUT2D eigenvalue weighted by Crippen LogP contribution is 2.19. The highest BCUT2D eigenvalue weighted by atomic mass is 32.2. The van der Waals surface area contributed by atoms with E-state index in [2.05, 4.69) is 20.2 Å². The smallest absolute Gasteiger partial charge is 0.244 e. The summed E-state index contributed by atoms with van der Waals surface area (Å²) < 4.78 is 28.0. The van der Waals surface area contributed by atoms with Crippen molar-refractivity contribution in [3.63, 3.8) is 0 Å². The minimum absolute atomic E-state index is 0.144. The van der Waals surface area contributed by atoms with Crippen molar-refractivity contribution in [3.8, 4) is 0 Å². The van der Waals surface area contributed by atoms with E-state index in [1.807, 2.05) is 20.8 Å². The van der Waals surface area contributed by atoms with Crippen molar-refractivity contribution in [2.24, 2.45) is 5.92 Å². The number of anilines is 1. The Bertz CT molecular complexity index is 907. The van der Waals surface area contributed by atoms with E-state index in [0.29, 0.717) is 5.13 Å². The molecule has 0 aliphatic carbocycles. The Morgan fingerprint density at radius 3 is 2.48 bits per heavy atom. The van der Waals surface area contributed by atoms with Gasteiger partial charge in [-0.05, 0) is 49.4 Å². The van der Waals surface area contributed by atoms with E-state index in [-0.39, 0.29) is 10.8 Å². The summed E-state index contributed by atoms with van der Waals surface area (Å²) in [5.41, 5.74) is 1.88. The largest absolute Gasteiger partial charge is 0.299 e. The molecule has 0 aliphatic heterocycles. The quantitative estimate of drug-likeness (QED) is 0.696. The Balaban J connectivity index is 2.17. The monoisotopic (exact) mass is 410 g/mol. The van der Waals surface area contributed by atoms with Gasteiger partial charge in [0.2, 0.25) is 21.1 Å².